The fourth-order valence-corrected chi connectivity index (χ4v) is 1.71. The zero-order chi connectivity index (χ0) is 14.9. The summed E-state index contributed by atoms with van der Waals surface area (Å²) in [5, 5.41) is 4.04. The van der Waals surface area contributed by atoms with Crippen molar-refractivity contribution in [2.45, 2.75) is 6.92 Å². The van der Waals surface area contributed by atoms with Crippen molar-refractivity contribution >= 4 is 11.7 Å². The van der Waals surface area contributed by atoms with Gasteiger partial charge in [-0.3, -0.25) is 9.59 Å². The van der Waals surface area contributed by atoms with Gasteiger partial charge in [0.05, 0.1) is 0 Å². The molecular weight excluding hydrogens is 261 g/mol. The van der Waals surface area contributed by atoms with Crippen molar-refractivity contribution in [2.75, 3.05) is 14.1 Å². The van der Waals surface area contributed by atoms with Crippen molar-refractivity contribution in [3.63, 3.8) is 0 Å². The maximum absolute atomic E-state index is 14.0. The third-order valence-corrected chi connectivity index (χ3v) is 2.82. The lowest BCUT2D eigenvalue weighted by atomic mass is 10.1. The van der Waals surface area contributed by atoms with Crippen LogP contribution in [-0.4, -0.2) is 40.5 Å². The van der Waals surface area contributed by atoms with Crippen molar-refractivity contribution < 1.29 is 14.0 Å². The van der Waals surface area contributed by atoms with Crippen LogP contribution in [0.4, 0.5) is 4.39 Å². The molecule has 0 saturated carbocycles. The van der Waals surface area contributed by atoms with E-state index in [0.717, 1.165) is 6.07 Å². The van der Waals surface area contributed by atoms with Crippen LogP contribution in [0, 0.1) is 5.82 Å². The highest BCUT2D eigenvalue weighted by Gasteiger charge is 2.14. The molecule has 0 aliphatic rings. The monoisotopic (exact) mass is 275 g/mol. The van der Waals surface area contributed by atoms with Crippen molar-refractivity contribution in [3.8, 4) is 5.69 Å². The van der Waals surface area contributed by atoms with Crippen LogP contribution in [0.25, 0.3) is 5.69 Å². The Morgan fingerprint density at radius 3 is 2.50 bits per heavy atom. The zero-order valence-corrected chi connectivity index (χ0v) is 11.4. The van der Waals surface area contributed by atoms with Crippen LogP contribution in [-0.2, 0) is 0 Å². The highest BCUT2D eigenvalue weighted by molar-refractivity contribution is 5.94. The molecule has 1 heterocycles. The van der Waals surface area contributed by atoms with Crippen LogP contribution in [0.2, 0.25) is 0 Å². The quantitative estimate of drug-likeness (QED) is 0.804. The molecule has 104 valence electrons. The molecule has 1 amide bonds. The van der Waals surface area contributed by atoms with Crippen LogP contribution >= 0.6 is 0 Å². The maximum atomic E-state index is 14.0. The summed E-state index contributed by atoms with van der Waals surface area (Å²) in [6, 6.07) is 5.66. The summed E-state index contributed by atoms with van der Waals surface area (Å²) < 4.78 is 15.2. The lowest BCUT2D eigenvalue weighted by Crippen LogP contribution is -2.22. The van der Waals surface area contributed by atoms with E-state index in [2.05, 4.69) is 5.10 Å². The van der Waals surface area contributed by atoms with Gasteiger partial charge in [0.2, 0.25) is 0 Å². The molecule has 2 aromatic rings. The number of carbonyl (C=O) groups excluding carboxylic acids is 2. The van der Waals surface area contributed by atoms with Crippen LogP contribution in [0.3, 0.4) is 0 Å². The third-order valence-electron chi connectivity index (χ3n) is 2.82. The number of carbonyl (C=O) groups is 2. The smallest absolute Gasteiger partial charge is 0.273 e. The summed E-state index contributed by atoms with van der Waals surface area (Å²) in [6.45, 7) is 1.37. The highest BCUT2D eigenvalue weighted by Crippen LogP contribution is 2.15. The van der Waals surface area contributed by atoms with E-state index in [1.165, 1.54) is 40.9 Å². The Hall–Kier alpha value is -2.50. The molecule has 0 fully saturated rings. The Morgan fingerprint density at radius 1 is 1.25 bits per heavy atom. The van der Waals surface area contributed by atoms with E-state index in [9.17, 15) is 14.0 Å². The second-order valence-electron chi connectivity index (χ2n) is 4.57. The lowest BCUT2D eigenvalue weighted by Gasteiger charge is -2.07. The first-order valence-electron chi connectivity index (χ1n) is 5.98. The molecule has 6 heteroatoms. The van der Waals surface area contributed by atoms with Gasteiger partial charge in [0.1, 0.15) is 11.5 Å². The minimum absolute atomic E-state index is 0.188. The van der Waals surface area contributed by atoms with Gasteiger partial charge < -0.3 is 4.90 Å². The van der Waals surface area contributed by atoms with Crippen LogP contribution in [0.1, 0.15) is 27.8 Å². The van der Waals surface area contributed by atoms with Crippen molar-refractivity contribution in [2.24, 2.45) is 0 Å². The zero-order valence-electron chi connectivity index (χ0n) is 11.4. The number of amides is 1. The molecule has 0 bridgehead atoms. The Kier molecular flexibility index (Phi) is 3.65. The summed E-state index contributed by atoms with van der Waals surface area (Å²) in [4.78, 5) is 24.3. The normalized spacial score (nSPS) is 10.4. The van der Waals surface area contributed by atoms with Gasteiger partial charge in [-0.25, -0.2) is 9.07 Å². The number of ketones is 1. The average molecular weight is 275 g/mol. The Balaban J connectivity index is 2.38. The average Bonchev–Trinajstić information content (AvgIpc) is 2.86. The number of nitrogens with zero attached hydrogens (tertiary/aromatic N) is 3. The molecule has 0 atom stereocenters. The number of hydrogen-bond donors (Lipinski definition) is 0. The summed E-state index contributed by atoms with van der Waals surface area (Å²) in [5.41, 5.74) is 0.709. The number of Topliss-reactive ketones (excluding diaryl/α,β-unsaturated/α-hetero) is 1. The first-order chi connectivity index (χ1) is 9.40. The van der Waals surface area contributed by atoms with Crippen molar-refractivity contribution in [1.82, 2.24) is 14.7 Å². The van der Waals surface area contributed by atoms with Crippen molar-refractivity contribution in [1.29, 1.82) is 0 Å². The largest absolute Gasteiger partial charge is 0.343 e. The molecule has 0 radical (unpaired) electrons. The van der Waals surface area contributed by atoms with Gasteiger partial charge in [-0.2, -0.15) is 5.10 Å². The van der Waals surface area contributed by atoms with Gasteiger partial charge in [-0.15, -0.1) is 0 Å². The second-order valence-corrected chi connectivity index (χ2v) is 4.57. The number of halogens is 1. The summed E-state index contributed by atoms with van der Waals surface area (Å²) in [6.07, 6.45) is 1.50. The fraction of sp³-hybridized carbons (Fsp3) is 0.214. The van der Waals surface area contributed by atoms with Crippen LogP contribution in [0.15, 0.2) is 30.5 Å². The van der Waals surface area contributed by atoms with Gasteiger partial charge in [0.25, 0.3) is 5.91 Å². The van der Waals surface area contributed by atoms with Gasteiger partial charge in [0.15, 0.2) is 11.5 Å². The predicted octanol–water partition coefficient (Wildman–Crippen LogP) is 1.92. The van der Waals surface area contributed by atoms with E-state index in [0.29, 0.717) is 5.56 Å². The lowest BCUT2D eigenvalue weighted by molar-refractivity contribution is 0.0821. The van der Waals surface area contributed by atoms with Gasteiger partial charge in [-0.1, -0.05) is 0 Å². The number of hydrogen-bond acceptors (Lipinski definition) is 3. The molecule has 0 aliphatic carbocycles. The van der Waals surface area contributed by atoms with Crippen LogP contribution in [0.5, 0.6) is 0 Å². The van der Waals surface area contributed by atoms with Gasteiger partial charge in [0, 0.05) is 25.9 Å². The first-order valence-corrected chi connectivity index (χ1v) is 5.98. The van der Waals surface area contributed by atoms with E-state index < -0.39 is 5.82 Å². The van der Waals surface area contributed by atoms with E-state index in [4.69, 9.17) is 0 Å². The molecule has 0 aliphatic heterocycles. The molecule has 0 spiro atoms. The van der Waals surface area contributed by atoms with Gasteiger partial charge >= 0.3 is 0 Å². The fourth-order valence-electron chi connectivity index (χ4n) is 1.71. The molecule has 0 N–H and O–H groups in total. The molecule has 20 heavy (non-hydrogen) atoms. The molecule has 1 aromatic carbocycles. The Bertz CT molecular complexity index is 677. The summed E-state index contributed by atoms with van der Waals surface area (Å²) in [7, 11) is 3.23. The molecule has 0 unspecified atom stereocenters. The van der Waals surface area contributed by atoms with Crippen LogP contribution < -0.4 is 0 Å². The maximum Gasteiger partial charge on any atom is 0.273 e. The first kappa shape index (κ1) is 13.9. The second kappa shape index (κ2) is 5.24. The molecule has 2 rings (SSSR count). The standard InChI is InChI=1S/C14H14FN3O2/c1-9(19)10-4-5-13(11(15)8-10)18-7-6-12(16-18)14(20)17(2)3/h4-8H,1-3H3. The topological polar surface area (TPSA) is 55.2 Å². The summed E-state index contributed by atoms with van der Waals surface area (Å²) >= 11 is 0. The molecule has 0 saturated heterocycles. The number of benzene rings is 1. The highest BCUT2D eigenvalue weighted by atomic mass is 19.1. The Morgan fingerprint density at radius 2 is 1.95 bits per heavy atom. The molecular formula is C14H14FN3O2. The number of rotatable bonds is 3. The molecule has 1 aromatic heterocycles. The van der Waals surface area contributed by atoms with E-state index >= 15 is 0 Å². The number of aromatic nitrogens is 2. The van der Waals surface area contributed by atoms with E-state index in [-0.39, 0.29) is 23.1 Å². The minimum atomic E-state index is -0.565. The Labute approximate surface area is 115 Å². The van der Waals surface area contributed by atoms with Crippen molar-refractivity contribution in [3.05, 3.63) is 47.5 Å². The SMILES string of the molecule is CC(=O)c1ccc(-n2ccc(C(=O)N(C)C)n2)c(F)c1. The molecule has 5 nitrogen and oxygen atoms in total. The minimum Gasteiger partial charge on any atom is -0.343 e. The summed E-state index contributed by atoms with van der Waals surface area (Å²) in [5.74, 6) is -1.03. The van der Waals surface area contributed by atoms with E-state index in [1.54, 1.807) is 14.1 Å². The van der Waals surface area contributed by atoms with Gasteiger partial charge in [-0.05, 0) is 31.2 Å². The predicted molar refractivity (Wildman–Crippen MR) is 71.5 cm³/mol. The van der Waals surface area contributed by atoms with E-state index in [1.807, 2.05) is 0 Å². The third kappa shape index (κ3) is 2.59.